The second kappa shape index (κ2) is 7.81. The minimum Gasteiger partial charge on any atom is -0.394 e. The first-order valence-electron chi connectivity index (χ1n) is 7.38. The van der Waals surface area contributed by atoms with Gasteiger partial charge in [0.05, 0.1) is 35.1 Å². The Morgan fingerprint density at radius 1 is 1.43 bits per heavy atom. The van der Waals surface area contributed by atoms with Crippen molar-refractivity contribution in [2.24, 2.45) is 5.92 Å². The summed E-state index contributed by atoms with van der Waals surface area (Å²) in [5.41, 5.74) is 1.53. The number of nitrogens with zero attached hydrogens (tertiary/aromatic N) is 1. The van der Waals surface area contributed by atoms with E-state index in [0.29, 0.717) is 26.9 Å². The van der Waals surface area contributed by atoms with Crippen LogP contribution in [0.3, 0.4) is 0 Å². The van der Waals surface area contributed by atoms with E-state index in [-0.39, 0.29) is 24.5 Å². The number of hydrogen-bond donors (Lipinski definition) is 3. The SMILES string of the molecule is CC[C@@H](C)[C@H](CO)NC(=O)c1cn[nH]c1-c1ccc(Cl)cc1Cl. The highest BCUT2D eigenvalue weighted by Crippen LogP contribution is 2.31. The number of benzene rings is 1. The highest BCUT2D eigenvalue weighted by atomic mass is 35.5. The van der Waals surface area contributed by atoms with E-state index in [4.69, 9.17) is 23.2 Å². The van der Waals surface area contributed by atoms with Gasteiger partial charge < -0.3 is 10.4 Å². The molecule has 0 saturated heterocycles. The molecular weight excluding hydrogens is 337 g/mol. The molecule has 5 nitrogen and oxygen atoms in total. The van der Waals surface area contributed by atoms with E-state index in [1.165, 1.54) is 6.20 Å². The van der Waals surface area contributed by atoms with Crippen LogP contribution in [-0.2, 0) is 0 Å². The molecule has 0 spiro atoms. The fourth-order valence-corrected chi connectivity index (χ4v) is 2.76. The number of amides is 1. The molecule has 1 aromatic heterocycles. The molecular formula is C16H19Cl2N3O2. The van der Waals surface area contributed by atoms with E-state index >= 15 is 0 Å². The van der Waals surface area contributed by atoms with Gasteiger partial charge in [0.25, 0.3) is 5.91 Å². The largest absolute Gasteiger partial charge is 0.394 e. The standard InChI is InChI=1S/C16H19Cl2N3O2/c1-3-9(2)14(8-22)20-16(23)12-7-19-21-15(12)11-5-4-10(17)6-13(11)18/h4-7,9,14,22H,3,8H2,1-2H3,(H,19,21)(H,20,23)/t9-,14+/m1/s1. The molecule has 124 valence electrons. The molecule has 0 saturated carbocycles. The van der Waals surface area contributed by atoms with Gasteiger partial charge >= 0.3 is 0 Å². The summed E-state index contributed by atoms with van der Waals surface area (Å²) in [6.45, 7) is 3.87. The molecule has 3 N–H and O–H groups in total. The van der Waals surface area contributed by atoms with Crippen molar-refractivity contribution in [2.45, 2.75) is 26.3 Å². The molecule has 0 unspecified atom stereocenters. The lowest BCUT2D eigenvalue weighted by molar-refractivity contribution is 0.0892. The van der Waals surface area contributed by atoms with Crippen molar-refractivity contribution in [2.75, 3.05) is 6.61 Å². The number of aliphatic hydroxyl groups excluding tert-OH is 1. The molecule has 1 aromatic carbocycles. The first-order chi connectivity index (χ1) is 11.0. The molecule has 1 heterocycles. The van der Waals surface area contributed by atoms with Crippen molar-refractivity contribution >= 4 is 29.1 Å². The zero-order valence-electron chi connectivity index (χ0n) is 12.9. The number of rotatable bonds is 6. The van der Waals surface area contributed by atoms with Gasteiger partial charge in [0.15, 0.2) is 0 Å². The van der Waals surface area contributed by atoms with Gasteiger partial charge in [-0.15, -0.1) is 0 Å². The number of halogens is 2. The molecule has 2 atom stereocenters. The molecule has 0 aliphatic rings. The third-order valence-electron chi connectivity index (χ3n) is 3.93. The Labute approximate surface area is 145 Å². The lowest BCUT2D eigenvalue weighted by Gasteiger charge is -2.22. The van der Waals surface area contributed by atoms with Gasteiger partial charge in [0.1, 0.15) is 0 Å². The maximum Gasteiger partial charge on any atom is 0.255 e. The number of carbonyl (C=O) groups excluding carboxylic acids is 1. The quantitative estimate of drug-likeness (QED) is 0.741. The van der Waals surface area contributed by atoms with Crippen LogP contribution in [0.1, 0.15) is 30.6 Å². The Kier molecular flexibility index (Phi) is 6.04. The monoisotopic (exact) mass is 355 g/mol. The number of aromatic nitrogens is 2. The van der Waals surface area contributed by atoms with Gasteiger partial charge in [-0.05, 0) is 24.1 Å². The zero-order valence-corrected chi connectivity index (χ0v) is 14.4. The van der Waals surface area contributed by atoms with Crippen LogP contribution in [0, 0.1) is 5.92 Å². The number of carbonyl (C=O) groups is 1. The lowest BCUT2D eigenvalue weighted by atomic mass is 9.99. The summed E-state index contributed by atoms with van der Waals surface area (Å²) in [5.74, 6) is -0.141. The molecule has 1 amide bonds. The summed E-state index contributed by atoms with van der Waals surface area (Å²) in [6, 6.07) is 4.72. The van der Waals surface area contributed by atoms with E-state index < -0.39 is 0 Å². The van der Waals surface area contributed by atoms with Gasteiger partial charge in [-0.1, -0.05) is 43.5 Å². The van der Waals surface area contributed by atoms with Crippen molar-refractivity contribution in [3.05, 3.63) is 40.0 Å². The second-order valence-corrected chi connectivity index (χ2v) is 6.27. The van der Waals surface area contributed by atoms with Crippen molar-refractivity contribution < 1.29 is 9.90 Å². The Hall–Kier alpha value is -1.56. The van der Waals surface area contributed by atoms with Crippen LogP contribution in [0.25, 0.3) is 11.3 Å². The second-order valence-electron chi connectivity index (χ2n) is 5.43. The zero-order chi connectivity index (χ0) is 17.0. The highest BCUT2D eigenvalue weighted by Gasteiger charge is 2.22. The van der Waals surface area contributed by atoms with Crippen LogP contribution in [-0.4, -0.2) is 33.9 Å². The van der Waals surface area contributed by atoms with Gasteiger partial charge in [-0.25, -0.2) is 0 Å². The number of nitrogens with one attached hydrogen (secondary N) is 2. The van der Waals surface area contributed by atoms with E-state index in [1.807, 2.05) is 13.8 Å². The minimum atomic E-state index is -0.309. The first-order valence-corrected chi connectivity index (χ1v) is 8.14. The topological polar surface area (TPSA) is 78.0 Å². The fourth-order valence-electron chi connectivity index (χ4n) is 2.25. The molecule has 0 radical (unpaired) electrons. The van der Waals surface area contributed by atoms with Crippen molar-refractivity contribution in [1.82, 2.24) is 15.5 Å². The third kappa shape index (κ3) is 4.05. The minimum absolute atomic E-state index is 0.115. The van der Waals surface area contributed by atoms with E-state index in [1.54, 1.807) is 18.2 Å². The summed E-state index contributed by atoms with van der Waals surface area (Å²) in [4.78, 5) is 12.5. The lowest BCUT2D eigenvalue weighted by Crippen LogP contribution is -2.41. The van der Waals surface area contributed by atoms with E-state index in [0.717, 1.165) is 6.42 Å². The number of hydrogen-bond acceptors (Lipinski definition) is 3. The molecule has 0 aliphatic heterocycles. The Bertz CT molecular complexity index is 688. The average molecular weight is 356 g/mol. The summed E-state index contributed by atoms with van der Waals surface area (Å²) in [6.07, 6.45) is 2.30. The summed E-state index contributed by atoms with van der Waals surface area (Å²) in [5, 5.41) is 20.0. The number of aliphatic hydroxyl groups is 1. The number of aromatic amines is 1. The van der Waals surface area contributed by atoms with Crippen LogP contribution in [0.5, 0.6) is 0 Å². The molecule has 23 heavy (non-hydrogen) atoms. The first kappa shape index (κ1) is 17.8. The van der Waals surface area contributed by atoms with Gasteiger partial charge in [-0.3, -0.25) is 9.89 Å². The van der Waals surface area contributed by atoms with Gasteiger partial charge in [0.2, 0.25) is 0 Å². The number of H-pyrrole nitrogens is 1. The molecule has 0 fully saturated rings. The van der Waals surface area contributed by atoms with Crippen LogP contribution in [0.2, 0.25) is 10.0 Å². The molecule has 2 aromatic rings. The third-order valence-corrected chi connectivity index (χ3v) is 4.48. The Balaban J connectivity index is 2.28. The van der Waals surface area contributed by atoms with Crippen molar-refractivity contribution in [3.63, 3.8) is 0 Å². The molecule has 0 bridgehead atoms. The predicted molar refractivity (Wildman–Crippen MR) is 91.8 cm³/mol. The molecule has 0 aliphatic carbocycles. The highest BCUT2D eigenvalue weighted by molar-refractivity contribution is 6.36. The Morgan fingerprint density at radius 3 is 2.78 bits per heavy atom. The summed E-state index contributed by atoms with van der Waals surface area (Å²) >= 11 is 12.1. The smallest absolute Gasteiger partial charge is 0.255 e. The average Bonchev–Trinajstić information content (AvgIpc) is 3.01. The van der Waals surface area contributed by atoms with Crippen LogP contribution < -0.4 is 5.32 Å². The maximum absolute atomic E-state index is 12.5. The Morgan fingerprint density at radius 2 is 2.17 bits per heavy atom. The molecule has 2 rings (SSSR count). The molecule has 7 heteroatoms. The van der Waals surface area contributed by atoms with Crippen LogP contribution >= 0.6 is 23.2 Å². The van der Waals surface area contributed by atoms with E-state index in [9.17, 15) is 9.90 Å². The van der Waals surface area contributed by atoms with Gasteiger partial charge in [-0.2, -0.15) is 5.10 Å². The summed E-state index contributed by atoms with van der Waals surface area (Å²) in [7, 11) is 0. The van der Waals surface area contributed by atoms with Crippen molar-refractivity contribution in [3.8, 4) is 11.3 Å². The van der Waals surface area contributed by atoms with Crippen LogP contribution in [0.4, 0.5) is 0 Å². The van der Waals surface area contributed by atoms with E-state index in [2.05, 4.69) is 15.5 Å². The fraction of sp³-hybridized carbons (Fsp3) is 0.375. The predicted octanol–water partition coefficient (Wildman–Crippen LogP) is 3.52. The van der Waals surface area contributed by atoms with Gasteiger partial charge in [0, 0.05) is 10.6 Å². The maximum atomic E-state index is 12.5. The normalized spacial score (nSPS) is 13.6. The van der Waals surface area contributed by atoms with Crippen molar-refractivity contribution in [1.29, 1.82) is 0 Å². The van der Waals surface area contributed by atoms with Crippen LogP contribution in [0.15, 0.2) is 24.4 Å². The summed E-state index contributed by atoms with van der Waals surface area (Å²) < 4.78 is 0.